The Kier molecular flexibility index (Phi) is 4.30. The van der Waals surface area contributed by atoms with Gasteiger partial charge in [0.2, 0.25) is 5.91 Å². The molecule has 1 aliphatic heterocycles. The van der Waals surface area contributed by atoms with E-state index in [1.54, 1.807) is 6.07 Å². The third-order valence-corrected chi connectivity index (χ3v) is 3.46. The predicted octanol–water partition coefficient (Wildman–Crippen LogP) is 4.11. The summed E-state index contributed by atoms with van der Waals surface area (Å²) in [5.41, 5.74) is 0.998. The Hall–Kier alpha value is -0.730. The molecule has 1 aliphatic rings. The maximum absolute atomic E-state index is 11.6. The van der Waals surface area contributed by atoms with Crippen molar-refractivity contribution in [2.75, 3.05) is 0 Å². The number of amides is 1. The van der Waals surface area contributed by atoms with Crippen molar-refractivity contribution in [3.63, 3.8) is 0 Å². The number of rotatable bonds is 1. The molecule has 2 nitrogen and oxygen atoms in total. The first kappa shape index (κ1) is 12.7. The first-order valence-electron chi connectivity index (χ1n) is 5.90. The quantitative estimate of drug-likeness (QED) is 0.818. The van der Waals surface area contributed by atoms with E-state index in [9.17, 15) is 4.79 Å². The fourth-order valence-electron chi connectivity index (χ4n) is 2.18. The lowest BCUT2D eigenvalue weighted by atomic mass is 9.97. The Labute approximate surface area is 111 Å². The van der Waals surface area contributed by atoms with Crippen LogP contribution in [0.5, 0.6) is 0 Å². The molecule has 1 aromatic carbocycles. The van der Waals surface area contributed by atoms with Crippen molar-refractivity contribution in [3.05, 3.63) is 33.8 Å². The van der Waals surface area contributed by atoms with Crippen LogP contribution >= 0.6 is 23.2 Å². The number of halogens is 2. The topological polar surface area (TPSA) is 29.1 Å². The zero-order valence-corrected chi connectivity index (χ0v) is 11.0. The number of benzene rings is 1. The smallest absolute Gasteiger partial charge is 0.220 e. The maximum Gasteiger partial charge on any atom is 0.220 e. The molecule has 1 fully saturated rings. The van der Waals surface area contributed by atoms with E-state index in [0.717, 1.165) is 31.2 Å². The highest BCUT2D eigenvalue weighted by Crippen LogP contribution is 2.27. The lowest BCUT2D eigenvalue weighted by molar-refractivity contribution is -0.122. The van der Waals surface area contributed by atoms with Crippen molar-refractivity contribution >= 4 is 29.1 Å². The van der Waals surface area contributed by atoms with Gasteiger partial charge in [-0.2, -0.15) is 0 Å². The molecule has 4 heteroatoms. The van der Waals surface area contributed by atoms with Crippen molar-refractivity contribution in [1.82, 2.24) is 5.32 Å². The van der Waals surface area contributed by atoms with Crippen LogP contribution in [0.4, 0.5) is 0 Å². The third-order valence-electron chi connectivity index (χ3n) is 3.02. The minimum atomic E-state index is 0.0407. The zero-order valence-electron chi connectivity index (χ0n) is 9.51. The third kappa shape index (κ3) is 3.62. The molecule has 1 unspecified atom stereocenters. The number of hydrogen-bond acceptors (Lipinski definition) is 1. The first-order chi connectivity index (χ1) is 8.15. The van der Waals surface area contributed by atoms with E-state index in [0.29, 0.717) is 16.5 Å². The highest BCUT2D eigenvalue weighted by molar-refractivity contribution is 6.34. The van der Waals surface area contributed by atoms with Gasteiger partial charge >= 0.3 is 0 Å². The molecular formula is C13H15Cl2NO. The lowest BCUT2D eigenvalue weighted by Gasteiger charge is -2.22. The van der Waals surface area contributed by atoms with Gasteiger partial charge in [-0.1, -0.05) is 36.0 Å². The number of carbonyl (C=O) groups is 1. The van der Waals surface area contributed by atoms with E-state index < -0.39 is 0 Å². The zero-order chi connectivity index (χ0) is 12.3. The van der Waals surface area contributed by atoms with Crippen LogP contribution in [0, 0.1) is 0 Å². The van der Waals surface area contributed by atoms with E-state index in [1.807, 2.05) is 12.1 Å². The van der Waals surface area contributed by atoms with Crippen LogP contribution in [-0.4, -0.2) is 5.91 Å². The largest absolute Gasteiger partial charge is 0.349 e. The number of carbonyl (C=O) groups excluding carboxylic acids is 1. The monoisotopic (exact) mass is 271 g/mol. The second kappa shape index (κ2) is 5.74. The summed E-state index contributed by atoms with van der Waals surface area (Å²) in [6, 6.07) is 5.50. The van der Waals surface area contributed by atoms with E-state index in [2.05, 4.69) is 5.32 Å². The van der Waals surface area contributed by atoms with Crippen LogP contribution in [0.25, 0.3) is 0 Å². The highest BCUT2D eigenvalue weighted by Gasteiger charge is 2.17. The SMILES string of the molecule is O=C1CCCCCC(c2cc(Cl)cc(Cl)c2)N1. The van der Waals surface area contributed by atoms with Gasteiger partial charge in [-0.15, -0.1) is 0 Å². The summed E-state index contributed by atoms with van der Waals surface area (Å²) in [7, 11) is 0. The van der Waals surface area contributed by atoms with Gasteiger partial charge in [0.05, 0.1) is 6.04 Å². The summed E-state index contributed by atoms with van der Waals surface area (Å²) in [4.78, 5) is 11.6. The summed E-state index contributed by atoms with van der Waals surface area (Å²) in [6.45, 7) is 0. The Morgan fingerprint density at radius 3 is 2.47 bits per heavy atom. The van der Waals surface area contributed by atoms with E-state index in [4.69, 9.17) is 23.2 Å². The maximum atomic E-state index is 11.6. The molecule has 0 radical (unpaired) electrons. The summed E-state index contributed by atoms with van der Waals surface area (Å²) in [5, 5.41) is 4.26. The van der Waals surface area contributed by atoms with Gasteiger partial charge < -0.3 is 5.32 Å². The number of nitrogens with one attached hydrogen (secondary N) is 1. The van der Waals surface area contributed by atoms with Crippen LogP contribution in [-0.2, 0) is 4.79 Å². The summed E-state index contributed by atoms with van der Waals surface area (Å²) in [5.74, 6) is 0.116. The van der Waals surface area contributed by atoms with Crippen molar-refractivity contribution in [3.8, 4) is 0 Å². The van der Waals surface area contributed by atoms with Gasteiger partial charge in [-0.05, 0) is 36.6 Å². The van der Waals surface area contributed by atoms with Crippen molar-refractivity contribution in [1.29, 1.82) is 0 Å². The van der Waals surface area contributed by atoms with Crippen LogP contribution in [0.3, 0.4) is 0 Å². The first-order valence-corrected chi connectivity index (χ1v) is 6.66. The van der Waals surface area contributed by atoms with Gasteiger partial charge in [-0.3, -0.25) is 4.79 Å². The molecule has 1 heterocycles. The van der Waals surface area contributed by atoms with Gasteiger partial charge in [0, 0.05) is 16.5 Å². The molecule has 1 amide bonds. The lowest BCUT2D eigenvalue weighted by Crippen LogP contribution is -2.29. The molecule has 1 atom stereocenters. The van der Waals surface area contributed by atoms with E-state index in [1.165, 1.54) is 0 Å². The molecule has 17 heavy (non-hydrogen) atoms. The molecule has 0 spiro atoms. The summed E-state index contributed by atoms with van der Waals surface area (Å²) < 4.78 is 0. The standard InChI is InChI=1S/C13H15Cl2NO/c14-10-6-9(7-11(15)8-10)12-4-2-1-3-5-13(17)16-12/h6-8,12H,1-5H2,(H,16,17). The molecule has 92 valence electrons. The summed E-state index contributed by atoms with van der Waals surface area (Å²) in [6.07, 6.45) is 4.77. The molecule has 1 aromatic rings. The molecular weight excluding hydrogens is 257 g/mol. The normalized spacial score (nSPS) is 21.5. The molecule has 0 bridgehead atoms. The van der Waals surface area contributed by atoms with Crippen LogP contribution in [0.15, 0.2) is 18.2 Å². The molecule has 2 rings (SSSR count). The Morgan fingerprint density at radius 2 is 1.76 bits per heavy atom. The van der Waals surface area contributed by atoms with Crippen LogP contribution < -0.4 is 5.32 Å². The fraction of sp³-hybridized carbons (Fsp3) is 0.462. The predicted molar refractivity (Wildman–Crippen MR) is 70.4 cm³/mol. The Balaban J connectivity index is 2.20. The highest BCUT2D eigenvalue weighted by atomic mass is 35.5. The van der Waals surface area contributed by atoms with Crippen molar-refractivity contribution < 1.29 is 4.79 Å². The van der Waals surface area contributed by atoms with Gasteiger partial charge in [0.15, 0.2) is 0 Å². The van der Waals surface area contributed by atoms with Gasteiger partial charge in [0.25, 0.3) is 0 Å². The number of hydrogen-bond donors (Lipinski definition) is 1. The molecule has 1 saturated heterocycles. The Morgan fingerprint density at radius 1 is 1.06 bits per heavy atom. The second-order valence-corrected chi connectivity index (χ2v) is 5.30. The fourth-order valence-corrected chi connectivity index (χ4v) is 2.72. The van der Waals surface area contributed by atoms with E-state index >= 15 is 0 Å². The van der Waals surface area contributed by atoms with Crippen molar-refractivity contribution in [2.24, 2.45) is 0 Å². The average Bonchev–Trinajstić information content (AvgIpc) is 2.21. The summed E-state index contributed by atoms with van der Waals surface area (Å²) >= 11 is 12.0. The second-order valence-electron chi connectivity index (χ2n) is 4.42. The van der Waals surface area contributed by atoms with Gasteiger partial charge in [0.1, 0.15) is 0 Å². The van der Waals surface area contributed by atoms with E-state index in [-0.39, 0.29) is 11.9 Å². The van der Waals surface area contributed by atoms with Crippen LogP contribution in [0.2, 0.25) is 10.0 Å². The molecule has 1 N–H and O–H groups in total. The molecule has 0 aromatic heterocycles. The van der Waals surface area contributed by atoms with Crippen LogP contribution in [0.1, 0.15) is 43.7 Å². The minimum absolute atomic E-state index is 0.0407. The molecule has 0 aliphatic carbocycles. The minimum Gasteiger partial charge on any atom is -0.349 e. The Bertz CT molecular complexity index is 400. The van der Waals surface area contributed by atoms with Gasteiger partial charge in [-0.25, -0.2) is 0 Å². The average molecular weight is 272 g/mol. The molecule has 0 saturated carbocycles. The van der Waals surface area contributed by atoms with Crippen molar-refractivity contribution in [2.45, 2.75) is 38.1 Å².